The smallest absolute Gasteiger partial charge is 0.0959 e. The lowest BCUT2D eigenvalue weighted by molar-refractivity contribution is 0.222. The van der Waals surface area contributed by atoms with Crippen molar-refractivity contribution in [3.8, 4) is 0 Å². The molecule has 1 aliphatic heterocycles. The second-order valence-corrected chi connectivity index (χ2v) is 7.98. The number of hydrogen-bond acceptors (Lipinski definition) is 5. The van der Waals surface area contributed by atoms with E-state index in [1.54, 1.807) is 0 Å². The van der Waals surface area contributed by atoms with Gasteiger partial charge < -0.3 is 5.32 Å². The fraction of sp³-hybridized carbons (Fsp3) is 0.556. The van der Waals surface area contributed by atoms with Crippen LogP contribution in [0, 0.1) is 5.92 Å². The van der Waals surface area contributed by atoms with Gasteiger partial charge in [-0.1, -0.05) is 6.07 Å². The summed E-state index contributed by atoms with van der Waals surface area (Å²) in [4.78, 5) is 12.9. The van der Waals surface area contributed by atoms with Gasteiger partial charge in [-0.3, -0.25) is 9.88 Å². The zero-order valence-corrected chi connectivity index (χ0v) is 14.3. The first kappa shape index (κ1) is 15.2. The molecule has 1 atom stereocenters. The number of thiazole rings is 1. The molecule has 0 amide bonds. The summed E-state index contributed by atoms with van der Waals surface area (Å²) in [5.74, 6) is 1.53. The predicted molar refractivity (Wildman–Crippen MR) is 93.4 cm³/mol. The Morgan fingerprint density at radius 2 is 2.17 bits per heavy atom. The van der Waals surface area contributed by atoms with E-state index in [0.717, 1.165) is 44.6 Å². The minimum absolute atomic E-state index is 0.763. The zero-order chi connectivity index (χ0) is 15.5. The highest BCUT2D eigenvalue weighted by molar-refractivity contribution is 7.11. The van der Waals surface area contributed by atoms with Crippen LogP contribution < -0.4 is 5.32 Å². The van der Waals surface area contributed by atoms with E-state index in [0.29, 0.717) is 0 Å². The highest BCUT2D eigenvalue weighted by Gasteiger charge is 2.27. The molecule has 0 spiro atoms. The minimum Gasteiger partial charge on any atom is -0.316 e. The van der Waals surface area contributed by atoms with Crippen molar-refractivity contribution in [3.05, 3.63) is 46.2 Å². The molecule has 23 heavy (non-hydrogen) atoms. The maximum absolute atomic E-state index is 4.64. The third-order valence-electron chi connectivity index (χ3n) is 4.69. The van der Waals surface area contributed by atoms with Crippen LogP contribution in [0.1, 0.15) is 40.6 Å². The van der Waals surface area contributed by atoms with Crippen molar-refractivity contribution in [3.63, 3.8) is 0 Å². The van der Waals surface area contributed by atoms with Crippen molar-refractivity contribution < 1.29 is 0 Å². The van der Waals surface area contributed by atoms with Gasteiger partial charge in [-0.05, 0) is 49.9 Å². The summed E-state index contributed by atoms with van der Waals surface area (Å²) in [6, 6.07) is 4.21. The van der Waals surface area contributed by atoms with Gasteiger partial charge in [-0.25, -0.2) is 4.98 Å². The SMILES string of the molecule is c1cncc(CN(Cc2cnc(C3CC3)s2)C[C@@H]2CCNC2)c1. The topological polar surface area (TPSA) is 41.1 Å². The molecule has 0 bridgehead atoms. The Morgan fingerprint density at radius 1 is 1.22 bits per heavy atom. The summed E-state index contributed by atoms with van der Waals surface area (Å²) in [6.45, 7) is 5.45. The van der Waals surface area contributed by atoms with Gasteiger partial charge in [0.15, 0.2) is 0 Å². The highest BCUT2D eigenvalue weighted by Crippen LogP contribution is 2.41. The summed E-state index contributed by atoms with van der Waals surface area (Å²) < 4.78 is 0. The lowest BCUT2D eigenvalue weighted by Crippen LogP contribution is -2.29. The third kappa shape index (κ3) is 4.16. The van der Waals surface area contributed by atoms with E-state index >= 15 is 0 Å². The summed E-state index contributed by atoms with van der Waals surface area (Å²) >= 11 is 1.92. The van der Waals surface area contributed by atoms with Gasteiger partial charge in [0.25, 0.3) is 0 Å². The summed E-state index contributed by atoms with van der Waals surface area (Å²) in [7, 11) is 0. The molecule has 2 fully saturated rings. The van der Waals surface area contributed by atoms with Gasteiger partial charge in [0, 0.05) is 49.0 Å². The number of nitrogens with zero attached hydrogens (tertiary/aromatic N) is 3. The van der Waals surface area contributed by atoms with Gasteiger partial charge in [-0.2, -0.15) is 0 Å². The van der Waals surface area contributed by atoms with Crippen molar-refractivity contribution in [1.82, 2.24) is 20.2 Å². The Labute approximate surface area is 142 Å². The number of hydrogen-bond donors (Lipinski definition) is 1. The van der Waals surface area contributed by atoms with Gasteiger partial charge >= 0.3 is 0 Å². The van der Waals surface area contributed by atoms with E-state index in [-0.39, 0.29) is 0 Å². The molecular formula is C18H24N4S. The molecule has 0 aromatic carbocycles. The summed E-state index contributed by atoms with van der Waals surface area (Å²) in [5.41, 5.74) is 1.30. The first-order valence-corrected chi connectivity index (χ1v) is 9.45. The van der Waals surface area contributed by atoms with Crippen molar-refractivity contribution in [2.75, 3.05) is 19.6 Å². The standard InChI is InChI=1S/C18H24N4S/c1-2-14(8-19-6-1)11-22(12-15-5-7-20-9-15)13-17-10-21-18(23-17)16-3-4-16/h1-2,6,8,10,15-16,20H,3-5,7,9,11-13H2/t15-/m1/s1. The van der Waals surface area contributed by atoms with Crippen LogP contribution in [0.2, 0.25) is 0 Å². The van der Waals surface area contributed by atoms with E-state index in [1.807, 2.05) is 29.8 Å². The van der Waals surface area contributed by atoms with E-state index in [2.05, 4.69) is 32.4 Å². The second kappa shape index (κ2) is 7.07. The second-order valence-electron chi connectivity index (χ2n) is 6.83. The molecular weight excluding hydrogens is 304 g/mol. The Bertz CT molecular complexity index is 617. The molecule has 1 saturated heterocycles. The van der Waals surface area contributed by atoms with Crippen LogP contribution >= 0.6 is 11.3 Å². The monoisotopic (exact) mass is 328 g/mol. The number of nitrogens with one attached hydrogen (secondary N) is 1. The van der Waals surface area contributed by atoms with Gasteiger partial charge in [0.1, 0.15) is 0 Å². The van der Waals surface area contributed by atoms with Crippen molar-refractivity contribution in [1.29, 1.82) is 0 Å². The van der Waals surface area contributed by atoms with E-state index < -0.39 is 0 Å². The van der Waals surface area contributed by atoms with Crippen LogP contribution in [0.15, 0.2) is 30.7 Å². The first-order chi connectivity index (χ1) is 11.4. The normalized spacial score (nSPS) is 21.2. The Kier molecular flexibility index (Phi) is 4.69. The molecule has 2 aromatic heterocycles. The van der Waals surface area contributed by atoms with Gasteiger partial charge in [-0.15, -0.1) is 11.3 Å². The van der Waals surface area contributed by atoms with E-state index in [1.165, 1.54) is 34.7 Å². The fourth-order valence-electron chi connectivity index (χ4n) is 3.31. The lowest BCUT2D eigenvalue weighted by atomic mass is 10.1. The zero-order valence-electron chi connectivity index (χ0n) is 13.4. The maximum Gasteiger partial charge on any atom is 0.0959 e. The quantitative estimate of drug-likeness (QED) is 0.848. The molecule has 3 heterocycles. The molecule has 4 nitrogen and oxygen atoms in total. The van der Waals surface area contributed by atoms with E-state index in [4.69, 9.17) is 0 Å². The van der Waals surface area contributed by atoms with Crippen molar-refractivity contribution in [2.45, 2.75) is 38.3 Å². The van der Waals surface area contributed by atoms with E-state index in [9.17, 15) is 0 Å². The summed E-state index contributed by atoms with van der Waals surface area (Å²) in [6.07, 6.45) is 9.89. The molecule has 0 unspecified atom stereocenters. The maximum atomic E-state index is 4.64. The molecule has 122 valence electrons. The van der Waals surface area contributed by atoms with Gasteiger partial charge in [0.05, 0.1) is 5.01 Å². The molecule has 2 aliphatic rings. The summed E-state index contributed by atoms with van der Waals surface area (Å²) in [5, 5.41) is 4.83. The molecule has 0 radical (unpaired) electrons. The van der Waals surface area contributed by atoms with Gasteiger partial charge in [0.2, 0.25) is 0 Å². The highest BCUT2D eigenvalue weighted by atomic mass is 32.1. The first-order valence-electron chi connectivity index (χ1n) is 8.63. The number of aromatic nitrogens is 2. The van der Waals surface area contributed by atoms with Crippen LogP contribution in [0.25, 0.3) is 0 Å². The minimum atomic E-state index is 0.763. The molecule has 5 heteroatoms. The average Bonchev–Trinajstić information content (AvgIpc) is 3.09. The van der Waals surface area contributed by atoms with Crippen LogP contribution in [0.3, 0.4) is 0 Å². The van der Waals surface area contributed by atoms with Crippen LogP contribution in [-0.2, 0) is 13.1 Å². The Hall–Kier alpha value is -1.30. The van der Waals surface area contributed by atoms with Crippen LogP contribution in [0.5, 0.6) is 0 Å². The van der Waals surface area contributed by atoms with Crippen molar-refractivity contribution in [2.24, 2.45) is 5.92 Å². The molecule has 1 saturated carbocycles. The number of rotatable bonds is 7. The van der Waals surface area contributed by atoms with Crippen LogP contribution in [-0.4, -0.2) is 34.5 Å². The largest absolute Gasteiger partial charge is 0.316 e. The molecule has 4 rings (SSSR count). The average molecular weight is 328 g/mol. The lowest BCUT2D eigenvalue weighted by Gasteiger charge is -2.24. The van der Waals surface area contributed by atoms with Crippen LogP contribution in [0.4, 0.5) is 0 Å². The molecule has 1 aliphatic carbocycles. The molecule has 2 aromatic rings. The molecule has 1 N–H and O–H groups in total. The Morgan fingerprint density at radius 3 is 2.91 bits per heavy atom. The number of pyridine rings is 1. The fourth-order valence-corrected chi connectivity index (χ4v) is 4.43. The Balaban J connectivity index is 1.43. The van der Waals surface area contributed by atoms with Crippen molar-refractivity contribution >= 4 is 11.3 Å². The third-order valence-corrected chi connectivity index (χ3v) is 5.83. The predicted octanol–water partition coefficient (Wildman–Crippen LogP) is 3.03.